The van der Waals surface area contributed by atoms with Crippen LogP contribution in [0.25, 0.3) is 0 Å². The van der Waals surface area contributed by atoms with Crippen molar-refractivity contribution >= 4 is 12.0 Å². The monoisotopic (exact) mass is 290 g/mol. The highest BCUT2D eigenvalue weighted by Gasteiger charge is 2.36. The molecular weight excluding hydrogens is 268 g/mol. The lowest BCUT2D eigenvalue weighted by Crippen LogP contribution is -2.56. The van der Waals surface area contributed by atoms with Gasteiger partial charge in [0.05, 0.1) is 5.92 Å². The number of nitrogens with one attached hydrogen (secondary N) is 2. The van der Waals surface area contributed by atoms with Gasteiger partial charge in [-0.1, -0.05) is 37.3 Å². The predicted molar refractivity (Wildman–Crippen MR) is 80.2 cm³/mol. The smallest absolute Gasteiger partial charge is 0.315 e. The van der Waals surface area contributed by atoms with Gasteiger partial charge in [0.2, 0.25) is 0 Å². The van der Waals surface area contributed by atoms with Crippen molar-refractivity contribution < 1.29 is 14.7 Å². The summed E-state index contributed by atoms with van der Waals surface area (Å²) in [5.74, 6) is -1.66. The Balaban J connectivity index is 1.90. The molecule has 1 saturated carbocycles. The molecule has 3 N–H and O–H groups in total. The molecule has 1 aliphatic carbocycles. The number of hydrogen-bond donors (Lipinski definition) is 3. The summed E-state index contributed by atoms with van der Waals surface area (Å²) in [6.45, 7) is 2.15. The zero-order valence-corrected chi connectivity index (χ0v) is 12.3. The van der Waals surface area contributed by atoms with Crippen LogP contribution in [0.1, 0.15) is 44.1 Å². The van der Waals surface area contributed by atoms with Crippen molar-refractivity contribution in [2.24, 2.45) is 0 Å². The minimum Gasteiger partial charge on any atom is -0.481 e. The van der Waals surface area contributed by atoms with Gasteiger partial charge in [0.1, 0.15) is 0 Å². The third-order valence-electron chi connectivity index (χ3n) is 4.33. The SMILES string of the molecule is CCC1(NC(=O)NCC(C(=O)O)c2ccccc2)CCC1. The van der Waals surface area contributed by atoms with E-state index < -0.39 is 11.9 Å². The zero-order valence-electron chi connectivity index (χ0n) is 12.3. The summed E-state index contributed by atoms with van der Waals surface area (Å²) in [4.78, 5) is 23.3. The van der Waals surface area contributed by atoms with Crippen molar-refractivity contribution in [1.29, 1.82) is 0 Å². The molecule has 1 unspecified atom stereocenters. The molecule has 2 rings (SSSR count). The maximum atomic E-state index is 12.0. The quantitative estimate of drug-likeness (QED) is 0.753. The normalized spacial score (nSPS) is 17.4. The van der Waals surface area contributed by atoms with Crippen LogP contribution in [0.3, 0.4) is 0 Å². The minimum atomic E-state index is -0.935. The second kappa shape index (κ2) is 6.61. The molecule has 0 spiro atoms. The molecule has 0 aromatic heterocycles. The van der Waals surface area contributed by atoms with Crippen molar-refractivity contribution in [3.05, 3.63) is 35.9 Å². The van der Waals surface area contributed by atoms with E-state index in [2.05, 4.69) is 17.6 Å². The summed E-state index contributed by atoms with van der Waals surface area (Å²) < 4.78 is 0. The first kappa shape index (κ1) is 15.4. The van der Waals surface area contributed by atoms with Gasteiger partial charge in [-0.25, -0.2) is 4.79 Å². The molecule has 5 heteroatoms. The first-order valence-corrected chi connectivity index (χ1v) is 7.40. The number of aliphatic carboxylic acids is 1. The highest BCUT2D eigenvalue weighted by Crippen LogP contribution is 2.34. The number of urea groups is 1. The standard InChI is InChI=1S/C16H22N2O3/c1-2-16(9-6-10-16)18-15(21)17-11-13(14(19)20)12-7-4-3-5-8-12/h3-5,7-8,13H,2,6,9-11H2,1H3,(H,19,20)(H2,17,18,21). The van der Waals surface area contributed by atoms with Gasteiger partial charge in [-0.3, -0.25) is 4.79 Å². The largest absolute Gasteiger partial charge is 0.481 e. The molecular formula is C16H22N2O3. The number of benzene rings is 1. The van der Waals surface area contributed by atoms with Crippen molar-refractivity contribution in [2.45, 2.75) is 44.1 Å². The van der Waals surface area contributed by atoms with Gasteiger partial charge >= 0.3 is 12.0 Å². The van der Waals surface area contributed by atoms with Crippen molar-refractivity contribution in [3.63, 3.8) is 0 Å². The molecule has 2 amide bonds. The molecule has 1 aromatic carbocycles. The van der Waals surface area contributed by atoms with Crippen molar-refractivity contribution in [3.8, 4) is 0 Å². The number of carbonyl (C=O) groups excluding carboxylic acids is 1. The Morgan fingerprint density at radius 2 is 1.95 bits per heavy atom. The number of amides is 2. The van der Waals surface area contributed by atoms with E-state index in [9.17, 15) is 14.7 Å². The van der Waals surface area contributed by atoms with Gasteiger partial charge in [0, 0.05) is 12.1 Å². The number of rotatable bonds is 6. The summed E-state index contributed by atoms with van der Waals surface area (Å²) in [5.41, 5.74) is 0.606. The van der Waals surface area contributed by atoms with Gasteiger partial charge in [-0.15, -0.1) is 0 Å². The van der Waals surface area contributed by atoms with E-state index in [4.69, 9.17) is 0 Å². The van der Waals surface area contributed by atoms with Crippen LogP contribution in [0.15, 0.2) is 30.3 Å². The topological polar surface area (TPSA) is 78.4 Å². The van der Waals surface area contributed by atoms with Crippen LogP contribution in [-0.2, 0) is 4.79 Å². The number of carboxylic acids is 1. The average Bonchev–Trinajstić information content (AvgIpc) is 2.44. The molecule has 0 saturated heterocycles. The molecule has 0 heterocycles. The molecule has 1 atom stereocenters. The summed E-state index contributed by atoms with van der Waals surface area (Å²) in [7, 11) is 0. The van der Waals surface area contributed by atoms with Crippen LogP contribution in [-0.4, -0.2) is 29.2 Å². The first-order chi connectivity index (χ1) is 10.1. The van der Waals surface area contributed by atoms with Crippen LogP contribution in [0.4, 0.5) is 4.79 Å². The summed E-state index contributed by atoms with van der Waals surface area (Å²) in [6, 6.07) is 8.68. The first-order valence-electron chi connectivity index (χ1n) is 7.40. The molecule has 5 nitrogen and oxygen atoms in total. The lowest BCUT2D eigenvalue weighted by atomic mass is 9.75. The molecule has 1 fully saturated rings. The van der Waals surface area contributed by atoms with Crippen LogP contribution in [0.2, 0.25) is 0 Å². The second-order valence-electron chi connectivity index (χ2n) is 5.62. The van der Waals surface area contributed by atoms with E-state index in [-0.39, 0.29) is 18.1 Å². The number of carboxylic acid groups (broad SMARTS) is 1. The maximum Gasteiger partial charge on any atom is 0.315 e. The Labute approximate surface area is 124 Å². The Kier molecular flexibility index (Phi) is 4.83. The Hall–Kier alpha value is -2.04. The summed E-state index contributed by atoms with van der Waals surface area (Å²) in [5, 5.41) is 15.0. The van der Waals surface area contributed by atoms with Crippen LogP contribution in [0.5, 0.6) is 0 Å². The van der Waals surface area contributed by atoms with Gasteiger partial charge in [-0.2, -0.15) is 0 Å². The predicted octanol–water partition coefficient (Wildman–Crippen LogP) is 2.49. The van der Waals surface area contributed by atoms with Crippen LogP contribution >= 0.6 is 0 Å². The van der Waals surface area contributed by atoms with E-state index in [1.54, 1.807) is 24.3 Å². The minimum absolute atomic E-state index is 0.0877. The van der Waals surface area contributed by atoms with E-state index in [1.807, 2.05) is 6.07 Å². The lowest BCUT2D eigenvalue weighted by molar-refractivity contribution is -0.138. The fourth-order valence-corrected chi connectivity index (χ4v) is 2.68. The maximum absolute atomic E-state index is 12.0. The molecule has 1 aromatic rings. The third kappa shape index (κ3) is 3.74. The van der Waals surface area contributed by atoms with E-state index in [1.165, 1.54) is 0 Å². The second-order valence-corrected chi connectivity index (χ2v) is 5.62. The fourth-order valence-electron chi connectivity index (χ4n) is 2.68. The Morgan fingerprint density at radius 3 is 2.43 bits per heavy atom. The highest BCUT2D eigenvalue weighted by molar-refractivity contribution is 5.79. The zero-order chi connectivity index (χ0) is 15.3. The van der Waals surface area contributed by atoms with E-state index in [0.717, 1.165) is 25.7 Å². The van der Waals surface area contributed by atoms with Crippen molar-refractivity contribution in [1.82, 2.24) is 10.6 Å². The van der Waals surface area contributed by atoms with Gasteiger partial charge < -0.3 is 15.7 Å². The third-order valence-corrected chi connectivity index (χ3v) is 4.33. The summed E-state index contributed by atoms with van der Waals surface area (Å²) >= 11 is 0. The Morgan fingerprint density at radius 1 is 1.29 bits per heavy atom. The lowest BCUT2D eigenvalue weighted by Gasteiger charge is -2.41. The van der Waals surface area contributed by atoms with Gasteiger partial charge in [0.15, 0.2) is 0 Å². The molecule has 0 bridgehead atoms. The fraction of sp³-hybridized carbons (Fsp3) is 0.500. The average molecular weight is 290 g/mol. The van der Waals surface area contributed by atoms with Crippen LogP contribution < -0.4 is 10.6 Å². The highest BCUT2D eigenvalue weighted by atomic mass is 16.4. The van der Waals surface area contributed by atoms with Crippen LogP contribution in [0, 0.1) is 0 Å². The molecule has 114 valence electrons. The van der Waals surface area contributed by atoms with Gasteiger partial charge in [-0.05, 0) is 31.2 Å². The molecule has 1 aliphatic rings. The van der Waals surface area contributed by atoms with E-state index in [0.29, 0.717) is 5.56 Å². The van der Waals surface area contributed by atoms with E-state index >= 15 is 0 Å². The summed E-state index contributed by atoms with van der Waals surface area (Å²) in [6.07, 6.45) is 4.03. The molecule has 21 heavy (non-hydrogen) atoms. The number of carbonyl (C=O) groups is 2. The Bertz CT molecular complexity index is 492. The van der Waals surface area contributed by atoms with Crippen molar-refractivity contribution in [2.75, 3.05) is 6.54 Å². The van der Waals surface area contributed by atoms with Gasteiger partial charge in [0.25, 0.3) is 0 Å². The molecule has 0 aliphatic heterocycles. The number of hydrogen-bond acceptors (Lipinski definition) is 2. The molecule has 0 radical (unpaired) electrons.